The molecule has 1 aromatic rings. The van der Waals surface area contributed by atoms with E-state index in [2.05, 4.69) is 15.6 Å². The minimum atomic E-state index is -0.173. The Kier molecular flexibility index (Phi) is 6.65. The van der Waals surface area contributed by atoms with Crippen molar-refractivity contribution < 1.29 is 9.59 Å². The first-order valence-electron chi connectivity index (χ1n) is 5.62. The first-order chi connectivity index (χ1) is 7.99. The molecule has 0 atom stereocenters. The predicted molar refractivity (Wildman–Crippen MR) is 73.8 cm³/mol. The minimum Gasteiger partial charge on any atom is -0.354 e. The highest BCUT2D eigenvalue weighted by Gasteiger charge is 2.19. The van der Waals surface area contributed by atoms with Crippen molar-refractivity contribution in [3.63, 3.8) is 0 Å². The lowest BCUT2D eigenvalue weighted by molar-refractivity contribution is 0.0949. The van der Waals surface area contributed by atoms with Crippen LogP contribution in [0.3, 0.4) is 0 Å². The summed E-state index contributed by atoms with van der Waals surface area (Å²) in [5.41, 5.74) is 2.55. The lowest BCUT2D eigenvalue weighted by Crippen LogP contribution is -2.31. The Morgan fingerprint density at radius 2 is 1.83 bits per heavy atom. The van der Waals surface area contributed by atoms with Gasteiger partial charge in [0.15, 0.2) is 5.78 Å². The molecule has 1 heterocycles. The topological polar surface area (TPSA) is 74.0 Å². The summed E-state index contributed by atoms with van der Waals surface area (Å²) in [4.78, 5) is 26.2. The number of hydrogen-bond acceptors (Lipinski definition) is 3. The Morgan fingerprint density at radius 1 is 1.22 bits per heavy atom. The van der Waals surface area contributed by atoms with Gasteiger partial charge in [0, 0.05) is 24.3 Å². The van der Waals surface area contributed by atoms with Crippen molar-refractivity contribution in [3.05, 3.63) is 22.5 Å². The molecule has 5 nitrogen and oxygen atoms in total. The number of amides is 1. The predicted octanol–water partition coefficient (Wildman–Crippen LogP) is 1.21. The summed E-state index contributed by atoms with van der Waals surface area (Å²) in [5.74, 6) is -0.195. The second-order valence-corrected chi connectivity index (χ2v) is 4.04. The monoisotopic (exact) mass is 273 g/mol. The van der Waals surface area contributed by atoms with Gasteiger partial charge in [-0.25, -0.2) is 0 Å². The number of nitrogens with one attached hydrogen (secondary N) is 3. The van der Waals surface area contributed by atoms with Crippen LogP contribution in [-0.2, 0) is 0 Å². The SMILES string of the molecule is CNCCNC(=O)c1[nH]c(C)c(C(C)=O)c1C.Cl. The molecule has 18 heavy (non-hydrogen) atoms. The lowest BCUT2D eigenvalue weighted by Gasteiger charge is -2.04. The molecule has 1 aromatic heterocycles. The largest absolute Gasteiger partial charge is 0.354 e. The summed E-state index contributed by atoms with van der Waals surface area (Å²) in [6.45, 7) is 6.36. The summed E-state index contributed by atoms with van der Waals surface area (Å²) in [7, 11) is 1.82. The Bertz CT molecular complexity index is 441. The highest BCUT2D eigenvalue weighted by molar-refractivity contribution is 6.02. The van der Waals surface area contributed by atoms with Crippen LogP contribution in [0.4, 0.5) is 0 Å². The van der Waals surface area contributed by atoms with E-state index >= 15 is 0 Å². The number of hydrogen-bond donors (Lipinski definition) is 3. The molecule has 0 aromatic carbocycles. The maximum Gasteiger partial charge on any atom is 0.268 e. The van der Waals surface area contributed by atoms with Gasteiger partial charge >= 0.3 is 0 Å². The number of halogens is 1. The van der Waals surface area contributed by atoms with E-state index in [0.717, 1.165) is 11.3 Å². The zero-order valence-electron chi connectivity index (χ0n) is 11.1. The first-order valence-corrected chi connectivity index (χ1v) is 5.62. The number of likely N-dealkylation sites (N-methyl/N-ethyl adjacent to an activating group) is 1. The number of H-pyrrole nitrogens is 1. The number of carbonyl (C=O) groups excluding carboxylic acids is 2. The number of aromatic amines is 1. The fourth-order valence-electron chi connectivity index (χ4n) is 1.89. The molecule has 0 aliphatic carbocycles. The molecule has 0 aliphatic heterocycles. The molecule has 0 fully saturated rings. The van der Waals surface area contributed by atoms with E-state index in [0.29, 0.717) is 24.3 Å². The number of Topliss-reactive ketones (excluding diaryl/α,β-unsaturated/α-hetero) is 1. The zero-order valence-corrected chi connectivity index (χ0v) is 12.0. The van der Waals surface area contributed by atoms with E-state index in [1.807, 2.05) is 7.05 Å². The van der Waals surface area contributed by atoms with Gasteiger partial charge in [-0.3, -0.25) is 9.59 Å². The van der Waals surface area contributed by atoms with Crippen molar-refractivity contribution in [1.29, 1.82) is 0 Å². The van der Waals surface area contributed by atoms with Crippen molar-refractivity contribution in [2.75, 3.05) is 20.1 Å². The lowest BCUT2D eigenvalue weighted by atomic mass is 10.1. The maximum absolute atomic E-state index is 11.8. The molecule has 0 unspecified atom stereocenters. The summed E-state index contributed by atoms with van der Waals surface area (Å²) in [6, 6.07) is 0. The van der Waals surface area contributed by atoms with Crippen LogP contribution in [0.5, 0.6) is 0 Å². The van der Waals surface area contributed by atoms with Crippen molar-refractivity contribution in [3.8, 4) is 0 Å². The van der Waals surface area contributed by atoms with Gasteiger partial charge in [-0.05, 0) is 33.4 Å². The average Bonchev–Trinajstić information content (AvgIpc) is 2.54. The smallest absolute Gasteiger partial charge is 0.268 e. The van der Waals surface area contributed by atoms with Gasteiger partial charge in [0.1, 0.15) is 5.69 Å². The van der Waals surface area contributed by atoms with Gasteiger partial charge < -0.3 is 15.6 Å². The summed E-state index contributed by atoms with van der Waals surface area (Å²) in [5, 5.41) is 5.72. The molecule has 1 amide bonds. The number of ketones is 1. The summed E-state index contributed by atoms with van der Waals surface area (Å²) < 4.78 is 0. The van der Waals surface area contributed by atoms with E-state index in [1.165, 1.54) is 6.92 Å². The van der Waals surface area contributed by atoms with E-state index < -0.39 is 0 Å². The third kappa shape index (κ3) is 3.58. The van der Waals surface area contributed by atoms with Gasteiger partial charge in [-0.2, -0.15) is 0 Å². The standard InChI is InChI=1S/C12H19N3O2.ClH/c1-7-10(9(3)16)8(2)15-11(7)12(17)14-6-5-13-4;/h13,15H,5-6H2,1-4H3,(H,14,17);1H. The Balaban J connectivity index is 0.00000289. The Morgan fingerprint density at radius 3 is 2.28 bits per heavy atom. The van der Waals surface area contributed by atoms with Crippen LogP contribution in [-0.4, -0.2) is 36.8 Å². The van der Waals surface area contributed by atoms with Crippen LogP contribution in [0.15, 0.2) is 0 Å². The van der Waals surface area contributed by atoms with Crippen LogP contribution in [0.1, 0.15) is 39.0 Å². The second kappa shape index (κ2) is 7.18. The number of aryl methyl sites for hydroxylation is 1. The van der Waals surface area contributed by atoms with Crippen LogP contribution in [0, 0.1) is 13.8 Å². The van der Waals surface area contributed by atoms with E-state index in [1.54, 1.807) is 13.8 Å². The number of rotatable bonds is 5. The molecule has 0 bridgehead atoms. The minimum absolute atomic E-state index is 0. The highest BCUT2D eigenvalue weighted by atomic mass is 35.5. The van der Waals surface area contributed by atoms with Gasteiger partial charge in [-0.15, -0.1) is 12.4 Å². The molecule has 0 saturated carbocycles. The average molecular weight is 274 g/mol. The maximum atomic E-state index is 11.8. The van der Waals surface area contributed by atoms with Crippen LogP contribution < -0.4 is 10.6 Å². The van der Waals surface area contributed by atoms with Gasteiger partial charge in [0.25, 0.3) is 5.91 Å². The normalized spacial score (nSPS) is 9.78. The van der Waals surface area contributed by atoms with Crippen molar-refractivity contribution in [1.82, 2.24) is 15.6 Å². The first kappa shape index (κ1) is 16.7. The molecule has 0 aliphatic rings. The van der Waals surface area contributed by atoms with E-state index in [4.69, 9.17) is 0 Å². The highest BCUT2D eigenvalue weighted by Crippen LogP contribution is 2.18. The van der Waals surface area contributed by atoms with Crippen LogP contribution in [0.2, 0.25) is 0 Å². The Labute approximate surface area is 113 Å². The van der Waals surface area contributed by atoms with Crippen LogP contribution in [0.25, 0.3) is 0 Å². The summed E-state index contributed by atoms with van der Waals surface area (Å²) in [6.07, 6.45) is 0. The molecule has 6 heteroatoms. The molecular weight excluding hydrogens is 254 g/mol. The van der Waals surface area contributed by atoms with Crippen LogP contribution >= 0.6 is 12.4 Å². The van der Waals surface area contributed by atoms with E-state index in [-0.39, 0.29) is 24.1 Å². The van der Waals surface area contributed by atoms with Gasteiger partial charge in [-0.1, -0.05) is 0 Å². The fraction of sp³-hybridized carbons (Fsp3) is 0.500. The van der Waals surface area contributed by atoms with E-state index in [9.17, 15) is 9.59 Å². The summed E-state index contributed by atoms with van der Waals surface area (Å²) >= 11 is 0. The van der Waals surface area contributed by atoms with Gasteiger partial charge in [0.05, 0.1) is 0 Å². The van der Waals surface area contributed by atoms with Crippen molar-refractivity contribution >= 4 is 24.1 Å². The second-order valence-electron chi connectivity index (χ2n) is 4.04. The van der Waals surface area contributed by atoms with Crippen molar-refractivity contribution in [2.24, 2.45) is 0 Å². The third-order valence-electron chi connectivity index (χ3n) is 2.68. The number of carbonyl (C=O) groups is 2. The Hall–Kier alpha value is -1.33. The fourth-order valence-corrected chi connectivity index (χ4v) is 1.89. The number of aromatic nitrogens is 1. The van der Waals surface area contributed by atoms with Gasteiger partial charge in [0.2, 0.25) is 0 Å². The molecule has 3 N–H and O–H groups in total. The third-order valence-corrected chi connectivity index (χ3v) is 2.68. The molecule has 0 radical (unpaired) electrons. The van der Waals surface area contributed by atoms with Crippen molar-refractivity contribution in [2.45, 2.75) is 20.8 Å². The molecule has 0 saturated heterocycles. The zero-order chi connectivity index (χ0) is 13.0. The molecule has 1 rings (SSSR count). The quantitative estimate of drug-likeness (QED) is 0.558. The molecular formula is C12H20ClN3O2. The molecule has 102 valence electrons. The molecule has 0 spiro atoms.